The van der Waals surface area contributed by atoms with Crippen LogP contribution >= 0.6 is 0 Å². The fourth-order valence-electron chi connectivity index (χ4n) is 4.34. The van der Waals surface area contributed by atoms with E-state index in [-0.39, 0.29) is 6.04 Å². The SMILES string of the molecule is Cc1ccc(S(=O)(=O)N2CCCC[C@@H]2c2ccc(NC3CCCC3)nc2)cc1. The molecule has 2 aromatic rings. The normalized spacial score (nSPS) is 21.7. The van der Waals surface area contributed by atoms with Gasteiger partial charge in [-0.2, -0.15) is 4.31 Å². The van der Waals surface area contributed by atoms with Crippen LogP contribution in [-0.4, -0.2) is 30.3 Å². The first-order valence-corrected chi connectivity index (χ1v) is 11.8. The first kappa shape index (κ1) is 19.4. The minimum atomic E-state index is -3.51. The van der Waals surface area contributed by atoms with Gasteiger partial charge in [-0.05, 0) is 56.4 Å². The third kappa shape index (κ3) is 4.08. The second-order valence-corrected chi connectivity index (χ2v) is 9.93. The highest BCUT2D eigenvalue weighted by molar-refractivity contribution is 7.89. The monoisotopic (exact) mass is 399 g/mol. The van der Waals surface area contributed by atoms with Crippen molar-refractivity contribution in [3.63, 3.8) is 0 Å². The highest BCUT2D eigenvalue weighted by Crippen LogP contribution is 2.35. The summed E-state index contributed by atoms with van der Waals surface area (Å²) in [6, 6.07) is 11.6. The van der Waals surface area contributed by atoms with Crippen LogP contribution in [-0.2, 0) is 10.0 Å². The number of rotatable bonds is 5. The Morgan fingerprint density at radius 1 is 0.964 bits per heavy atom. The topological polar surface area (TPSA) is 62.3 Å². The molecule has 0 amide bonds. The molecule has 1 aliphatic heterocycles. The molecule has 1 aliphatic carbocycles. The predicted molar refractivity (Wildman–Crippen MR) is 112 cm³/mol. The standard InChI is InChI=1S/C22H29N3O2S/c1-17-9-12-20(13-10-17)28(26,27)25-15-5-4-8-21(25)18-11-14-22(23-16-18)24-19-6-2-3-7-19/h9-14,16,19,21H,2-8,15H2,1H3,(H,23,24)/t21-/m1/s1. The molecular formula is C22H29N3O2S. The molecule has 2 fully saturated rings. The van der Waals surface area contributed by atoms with E-state index in [1.165, 1.54) is 25.7 Å². The lowest BCUT2D eigenvalue weighted by Crippen LogP contribution is -2.38. The number of nitrogens with zero attached hydrogens (tertiary/aromatic N) is 2. The lowest BCUT2D eigenvalue weighted by Gasteiger charge is -2.35. The molecule has 1 aromatic carbocycles. The van der Waals surface area contributed by atoms with Crippen molar-refractivity contribution in [1.29, 1.82) is 0 Å². The van der Waals surface area contributed by atoms with Gasteiger partial charge in [-0.3, -0.25) is 0 Å². The maximum Gasteiger partial charge on any atom is 0.243 e. The lowest BCUT2D eigenvalue weighted by molar-refractivity contribution is 0.255. The molecule has 150 valence electrons. The van der Waals surface area contributed by atoms with Gasteiger partial charge < -0.3 is 5.32 Å². The molecule has 1 saturated carbocycles. The van der Waals surface area contributed by atoms with E-state index in [9.17, 15) is 8.42 Å². The zero-order chi connectivity index (χ0) is 19.6. The molecule has 5 nitrogen and oxygen atoms in total. The van der Waals surface area contributed by atoms with E-state index in [1.807, 2.05) is 37.4 Å². The fraction of sp³-hybridized carbons (Fsp3) is 0.500. The van der Waals surface area contributed by atoms with Crippen LogP contribution < -0.4 is 5.32 Å². The molecule has 2 heterocycles. The molecule has 6 heteroatoms. The summed E-state index contributed by atoms with van der Waals surface area (Å²) in [5.74, 6) is 0.888. The van der Waals surface area contributed by atoms with Crippen LogP contribution in [0, 0.1) is 6.92 Å². The third-order valence-electron chi connectivity index (χ3n) is 5.96. The molecule has 0 unspecified atom stereocenters. The van der Waals surface area contributed by atoms with Gasteiger partial charge in [-0.15, -0.1) is 0 Å². The number of hydrogen-bond acceptors (Lipinski definition) is 4. The van der Waals surface area contributed by atoms with Crippen LogP contribution in [0.4, 0.5) is 5.82 Å². The molecule has 0 spiro atoms. The number of anilines is 1. The van der Waals surface area contributed by atoms with Gasteiger partial charge in [0.2, 0.25) is 10.0 Å². The van der Waals surface area contributed by atoms with E-state index in [4.69, 9.17) is 0 Å². The molecule has 1 N–H and O–H groups in total. The van der Waals surface area contributed by atoms with Crippen LogP contribution in [0.25, 0.3) is 0 Å². The van der Waals surface area contributed by atoms with Crippen LogP contribution in [0.1, 0.15) is 62.1 Å². The minimum Gasteiger partial charge on any atom is -0.367 e. The number of benzene rings is 1. The Balaban J connectivity index is 1.55. The number of pyridine rings is 1. The zero-order valence-corrected chi connectivity index (χ0v) is 17.3. The maximum atomic E-state index is 13.3. The largest absolute Gasteiger partial charge is 0.367 e. The summed E-state index contributed by atoms with van der Waals surface area (Å²) in [4.78, 5) is 4.96. The quantitative estimate of drug-likeness (QED) is 0.794. The van der Waals surface area contributed by atoms with Crippen molar-refractivity contribution in [1.82, 2.24) is 9.29 Å². The van der Waals surface area contributed by atoms with Crippen LogP contribution in [0.5, 0.6) is 0 Å². The van der Waals surface area contributed by atoms with Gasteiger partial charge in [0.25, 0.3) is 0 Å². The van der Waals surface area contributed by atoms with Crippen molar-refractivity contribution in [2.45, 2.75) is 68.8 Å². The molecule has 1 aromatic heterocycles. The minimum absolute atomic E-state index is 0.145. The van der Waals surface area contributed by atoms with E-state index in [1.54, 1.807) is 16.4 Å². The second-order valence-electron chi connectivity index (χ2n) is 8.04. The number of aromatic nitrogens is 1. The first-order chi connectivity index (χ1) is 13.5. The lowest BCUT2D eigenvalue weighted by atomic mass is 9.99. The third-order valence-corrected chi connectivity index (χ3v) is 7.88. The van der Waals surface area contributed by atoms with E-state index in [0.717, 1.165) is 36.2 Å². The first-order valence-electron chi connectivity index (χ1n) is 10.3. The molecule has 1 saturated heterocycles. The van der Waals surface area contributed by atoms with Gasteiger partial charge in [0.15, 0.2) is 0 Å². The van der Waals surface area contributed by atoms with Gasteiger partial charge >= 0.3 is 0 Å². The van der Waals surface area contributed by atoms with Gasteiger partial charge in [0, 0.05) is 18.8 Å². The van der Waals surface area contributed by atoms with Gasteiger partial charge in [0.05, 0.1) is 10.9 Å². The van der Waals surface area contributed by atoms with E-state index < -0.39 is 10.0 Å². The summed E-state index contributed by atoms with van der Waals surface area (Å²) in [7, 11) is -3.51. The van der Waals surface area contributed by atoms with Crippen molar-refractivity contribution >= 4 is 15.8 Å². The van der Waals surface area contributed by atoms with Crippen LogP contribution in [0.3, 0.4) is 0 Å². The Bertz CT molecular complexity index is 888. The summed E-state index contributed by atoms with van der Waals surface area (Å²) >= 11 is 0. The Morgan fingerprint density at radius 2 is 1.68 bits per heavy atom. The van der Waals surface area contributed by atoms with Crippen LogP contribution in [0.2, 0.25) is 0 Å². The van der Waals surface area contributed by atoms with Crippen molar-refractivity contribution in [2.75, 3.05) is 11.9 Å². The highest BCUT2D eigenvalue weighted by atomic mass is 32.2. The summed E-state index contributed by atoms with van der Waals surface area (Å²) in [6.45, 7) is 2.52. The molecule has 4 rings (SSSR count). The van der Waals surface area contributed by atoms with Crippen molar-refractivity contribution in [3.8, 4) is 0 Å². The smallest absolute Gasteiger partial charge is 0.243 e. The molecule has 28 heavy (non-hydrogen) atoms. The molecule has 2 aliphatic rings. The molecule has 1 atom stereocenters. The average molecular weight is 400 g/mol. The Hall–Kier alpha value is -1.92. The zero-order valence-electron chi connectivity index (χ0n) is 16.5. The average Bonchev–Trinajstić information content (AvgIpc) is 3.22. The Morgan fingerprint density at radius 3 is 2.36 bits per heavy atom. The van der Waals surface area contributed by atoms with Crippen molar-refractivity contribution in [2.24, 2.45) is 0 Å². The van der Waals surface area contributed by atoms with E-state index in [0.29, 0.717) is 17.5 Å². The summed E-state index contributed by atoms with van der Waals surface area (Å²) < 4.78 is 28.2. The number of nitrogens with one attached hydrogen (secondary N) is 1. The number of hydrogen-bond donors (Lipinski definition) is 1. The second kappa shape index (κ2) is 8.21. The summed E-state index contributed by atoms with van der Waals surface area (Å²) in [6.07, 6.45) is 9.59. The molecular weight excluding hydrogens is 370 g/mol. The maximum absolute atomic E-state index is 13.3. The van der Waals surface area contributed by atoms with Crippen molar-refractivity contribution in [3.05, 3.63) is 53.7 Å². The summed E-state index contributed by atoms with van der Waals surface area (Å²) in [5, 5.41) is 3.50. The number of sulfonamides is 1. The molecule has 0 radical (unpaired) electrons. The van der Waals surface area contributed by atoms with Gasteiger partial charge in [0.1, 0.15) is 5.82 Å². The highest BCUT2D eigenvalue weighted by Gasteiger charge is 2.34. The van der Waals surface area contributed by atoms with E-state index >= 15 is 0 Å². The number of aryl methyl sites for hydroxylation is 1. The van der Waals surface area contributed by atoms with Crippen LogP contribution in [0.15, 0.2) is 47.5 Å². The Labute approximate surface area is 168 Å². The van der Waals surface area contributed by atoms with Gasteiger partial charge in [-0.25, -0.2) is 13.4 Å². The number of piperidine rings is 1. The van der Waals surface area contributed by atoms with E-state index in [2.05, 4.69) is 10.3 Å². The Kier molecular flexibility index (Phi) is 5.69. The van der Waals surface area contributed by atoms with Crippen molar-refractivity contribution < 1.29 is 8.42 Å². The van der Waals surface area contributed by atoms with Gasteiger partial charge in [-0.1, -0.05) is 43.0 Å². The predicted octanol–water partition coefficient (Wildman–Crippen LogP) is 4.66. The fourth-order valence-corrected chi connectivity index (χ4v) is 6.02. The molecule has 0 bridgehead atoms. The summed E-state index contributed by atoms with van der Waals surface area (Å²) in [5.41, 5.74) is 2.04.